The number of esters is 1. The maximum absolute atomic E-state index is 12.7. The number of hydrogen-bond acceptors (Lipinski definition) is 6. The van der Waals surface area contributed by atoms with Crippen molar-refractivity contribution in [3.8, 4) is 5.75 Å². The van der Waals surface area contributed by atoms with Gasteiger partial charge in [-0.05, 0) is 75.6 Å². The molecule has 1 aliphatic heterocycles. The number of alkyl halides is 3. The third kappa shape index (κ3) is 8.49. The van der Waals surface area contributed by atoms with Crippen LogP contribution in [-0.4, -0.2) is 53.8 Å². The number of carbonyl (C=O) groups is 1. The molecule has 9 heteroatoms. The first-order chi connectivity index (χ1) is 17.0. The van der Waals surface area contributed by atoms with Gasteiger partial charge in [0.1, 0.15) is 18.5 Å². The zero-order chi connectivity index (χ0) is 26.3. The Morgan fingerprint density at radius 2 is 1.94 bits per heavy atom. The molecule has 6 nitrogen and oxygen atoms in total. The van der Waals surface area contributed by atoms with Crippen molar-refractivity contribution in [1.29, 1.82) is 0 Å². The molecule has 0 aromatic heterocycles. The number of benzene rings is 1. The Hall–Kier alpha value is -2.10. The lowest BCUT2D eigenvalue weighted by Gasteiger charge is -2.21. The van der Waals surface area contributed by atoms with Crippen LogP contribution in [0.2, 0.25) is 0 Å². The second kappa shape index (κ2) is 12.9. The van der Waals surface area contributed by atoms with Gasteiger partial charge in [-0.1, -0.05) is 12.2 Å². The van der Waals surface area contributed by atoms with E-state index >= 15 is 0 Å². The lowest BCUT2D eigenvalue weighted by Crippen LogP contribution is -2.22. The largest absolute Gasteiger partial charge is 0.491 e. The number of ether oxygens (including phenoxy) is 3. The van der Waals surface area contributed by atoms with Crippen LogP contribution in [-0.2, 0) is 20.4 Å². The molecule has 1 heterocycles. The molecule has 0 amide bonds. The summed E-state index contributed by atoms with van der Waals surface area (Å²) in [6.45, 7) is 4.16. The minimum absolute atomic E-state index is 0.0499. The predicted molar refractivity (Wildman–Crippen MR) is 127 cm³/mol. The van der Waals surface area contributed by atoms with Crippen LogP contribution in [0.5, 0.6) is 5.75 Å². The number of carbonyl (C=O) groups excluding carboxylic acids is 1. The van der Waals surface area contributed by atoms with Gasteiger partial charge in [-0.2, -0.15) is 13.2 Å². The van der Waals surface area contributed by atoms with Gasteiger partial charge >= 0.3 is 12.1 Å². The SMILES string of the molecule is CC(C)OC(=O)CCC[C@H]1CC[C@@H]2[C@@H](C=C[C@@H](O)COc3ccc(C(F)(F)F)cc3)[C@H](O)C[C@@H]2OC1. The summed E-state index contributed by atoms with van der Waals surface area (Å²) in [5.74, 6) is 0.389. The van der Waals surface area contributed by atoms with Gasteiger partial charge in [0.05, 0.1) is 23.9 Å². The average molecular weight is 515 g/mol. The van der Waals surface area contributed by atoms with E-state index in [2.05, 4.69) is 0 Å². The van der Waals surface area contributed by atoms with Crippen molar-refractivity contribution in [1.82, 2.24) is 0 Å². The van der Waals surface area contributed by atoms with Crippen LogP contribution in [0.25, 0.3) is 0 Å². The zero-order valence-electron chi connectivity index (χ0n) is 20.8. The van der Waals surface area contributed by atoms with Gasteiger partial charge in [0.25, 0.3) is 0 Å². The van der Waals surface area contributed by atoms with E-state index in [-0.39, 0.29) is 42.4 Å². The predicted octanol–water partition coefficient (Wildman–Crippen LogP) is 4.92. The molecule has 0 radical (unpaired) electrons. The van der Waals surface area contributed by atoms with Crippen molar-refractivity contribution in [3.63, 3.8) is 0 Å². The topological polar surface area (TPSA) is 85.2 Å². The van der Waals surface area contributed by atoms with Gasteiger partial charge < -0.3 is 24.4 Å². The van der Waals surface area contributed by atoms with Crippen molar-refractivity contribution < 1.29 is 42.4 Å². The van der Waals surface area contributed by atoms with Crippen molar-refractivity contribution in [2.75, 3.05) is 13.2 Å². The fourth-order valence-corrected chi connectivity index (χ4v) is 5.03. The third-order valence-corrected chi connectivity index (χ3v) is 6.86. The first-order valence-electron chi connectivity index (χ1n) is 12.7. The molecule has 1 aromatic rings. The minimum Gasteiger partial charge on any atom is -0.491 e. The molecule has 2 N–H and O–H groups in total. The quantitative estimate of drug-likeness (QED) is 0.341. The second-order valence-corrected chi connectivity index (χ2v) is 10.1. The summed E-state index contributed by atoms with van der Waals surface area (Å²) in [4.78, 5) is 11.7. The highest BCUT2D eigenvalue weighted by Crippen LogP contribution is 2.42. The molecule has 0 spiro atoms. The van der Waals surface area contributed by atoms with Crippen LogP contribution in [0, 0.1) is 17.8 Å². The summed E-state index contributed by atoms with van der Waals surface area (Å²) in [6.07, 6.45) is 1.67. The molecule has 2 fully saturated rings. The van der Waals surface area contributed by atoms with E-state index in [4.69, 9.17) is 14.2 Å². The van der Waals surface area contributed by atoms with Crippen LogP contribution in [0.15, 0.2) is 36.4 Å². The highest BCUT2D eigenvalue weighted by Gasteiger charge is 2.43. The standard InChI is InChI=1S/C27H37F3O6/c1-17(2)36-26(33)5-3-4-18-6-12-23-22(24(32)14-25(23)35-15-18)13-9-20(31)16-34-21-10-7-19(8-11-21)27(28,29)30/h7-11,13,17-18,20,22-25,31-32H,3-6,12,14-16H2,1-2H3/t18-,20+,22+,23+,24+,25-/m0/s1. The van der Waals surface area contributed by atoms with Crippen LogP contribution < -0.4 is 4.74 Å². The highest BCUT2D eigenvalue weighted by atomic mass is 19.4. The normalized spacial score (nSPS) is 27.6. The number of fused-ring (bicyclic) bond motifs is 1. The molecule has 1 aromatic carbocycles. The van der Waals surface area contributed by atoms with Crippen molar-refractivity contribution in [2.45, 2.75) is 83.0 Å². The molecular weight excluding hydrogens is 477 g/mol. The van der Waals surface area contributed by atoms with Gasteiger partial charge in [0.2, 0.25) is 0 Å². The monoisotopic (exact) mass is 514 g/mol. The number of rotatable bonds is 10. The lowest BCUT2D eigenvalue weighted by molar-refractivity contribution is -0.147. The Bertz CT molecular complexity index is 854. The molecule has 1 saturated heterocycles. The van der Waals surface area contributed by atoms with Crippen LogP contribution >= 0.6 is 0 Å². The van der Waals surface area contributed by atoms with Gasteiger partial charge in [-0.25, -0.2) is 0 Å². The van der Waals surface area contributed by atoms with Crippen molar-refractivity contribution >= 4 is 5.97 Å². The summed E-state index contributed by atoms with van der Waals surface area (Å²) in [6, 6.07) is 4.31. The van der Waals surface area contributed by atoms with Gasteiger partial charge in [-0.3, -0.25) is 4.79 Å². The number of halogens is 3. The highest BCUT2D eigenvalue weighted by molar-refractivity contribution is 5.69. The van der Waals surface area contributed by atoms with Crippen LogP contribution in [0.1, 0.15) is 57.9 Å². The Balaban J connectivity index is 1.45. The second-order valence-electron chi connectivity index (χ2n) is 10.1. The van der Waals surface area contributed by atoms with Gasteiger partial charge in [0.15, 0.2) is 0 Å². The first-order valence-corrected chi connectivity index (χ1v) is 12.7. The van der Waals surface area contributed by atoms with Gasteiger partial charge in [0, 0.05) is 25.4 Å². The van der Waals surface area contributed by atoms with Crippen LogP contribution in [0.4, 0.5) is 13.2 Å². The Morgan fingerprint density at radius 3 is 2.61 bits per heavy atom. The molecule has 6 atom stereocenters. The zero-order valence-corrected chi connectivity index (χ0v) is 20.8. The molecule has 1 saturated carbocycles. The van der Waals surface area contributed by atoms with E-state index < -0.39 is 23.9 Å². The first kappa shape index (κ1) is 28.5. The number of aliphatic hydroxyl groups is 2. The third-order valence-electron chi connectivity index (χ3n) is 6.86. The molecule has 3 rings (SSSR count). The van der Waals surface area contributed by atoms with E-state index in [0.29, 0.717) is 25.4 Å². The Kier molecular flexibility index (Phi) is 10.2. The summed E-state index contributed by atoms with van der Waals surface area (Å²) in [5, 5.41) is 20.9. The number of hydrogen-bond donors (Lipinski definition) is 2. The van der Waals surface area contributed by atoms with E-state index in [0.717, 1.165) is 37.8 Å². The van der Waals surface area contributed by atoms with Crippen molar-refractivity contribution in [3.05, 3.63) is 42.0 Å². The summed E-state index contributed by atoms with van der Waals surface area (Å²) in [5.41, 5.74) is -0.762. The van der Waals surface area contributed by atoms with E-state index in [1.54, 1.807) is 6.08 Å². The van der Waals surface area contributed by atoms with E-state index in [1.807, 2.05) is 19.9 Å². The van der Waals surface area contributed by atoms with E-state index in [9.17, 15) is 28.2 Å². The smallest absolute Gasteiger partial charge is 0.416 e. The molecule has 1 aliphatic carbocycles. The summed E-state index contributed by atoms with van der Waals surface area (Å²) >= 11 is 0. The Labute approximate surface area is 210 Å². The fraction of sp³-hybridized carbons (Fsp3) is 0.667. The van der Waals surface area contributed by atoms with Crippen LogP contribution in [0.3, 0.4) is 0 Å². The minimum atomic E-state index is -4.41. The Morgan fingerprint density at radius 1 is 1.22 bits per heavy atom. The molecule has 36 heavy (non-hydrogen) atoms. The maximum atomic E-state index is 12.7. The van der Waals surface area contributed by atoms with Gasteiger partial charge in [-0.15, -0.1) is 0 Å². The molecular formula is C27H37F3O6. The molecule has 202 valence electrons. The van der Waals surface area contributed by atoms with Crippen molar-refractivity contribution in [2.24, 2.45) is 17.8 Å². The fourth-order valence-electron chi connectivity index (χ4n) is 5.03. The van der Waals surface area contributed by atoms with E-state index in [1.165, 1.54) is 12.1 Å². The lowest BCUT2D eigenvalue weighted by atomic mass is 9.86. The molecule has 0 unspecified atom stereocenters. The summed E-state index contributed by atoms with van der Waals surface area (Å²) < 4.78 is 54.7. The number of aliphatic hydroxyl groups excluding tert-OH is 2. The maximum Gasteiger partial charge on any atom is 0.416 e. The average Bonchev–Trinajstić information content (AvgIpc) is 2.97. The molecule has 0 bridgehead atoms. The summed E-state index contributed by atoms with van der Waals surface area (Å²) in [7, 11) is 0. The molecule has 2 aliphatic rings.